The molecule has 4 aromatic carbocycles. The second kappa shape index (κ2) is 11.1. The fourth-order valence-electron chi connectivity index (χ4n) is 4.46. The zero-order valence-electron chi connectivity index (χ0n) is 22.4. The third kappa shape index (κ3) is 5.41. The van der Waals surface area contributed by atoms with Gasteiger partial charge in [0.2, 0.25) is 11.8 Å². The average molecular weight is 577 g/mol. The Labute approximate surface area is 234 Å². The van der Waals surface area contributed by atoms with Crippen molar-refractivity contribution in [2.45, 2.75) is 37.5 Å². The van der Waals surface area contributed by atoms with E-state index >= 15 is 0 Å². The Hall–Kier alpha value is -4.28. The standard InChI is InChI=1S/C30H28N2O6S2/c1-21-19-25(15-17-29(21)31(23(3)33)39(35,36)27-11-7-5-8-12-27)26-16-18-30(22(2)20-26)32(24(4)34)40(37,38)28-13-9-6-10-14-28/h5-20H,1-4H3. The number of amides is 2. The van der Waals surface area contributed by atoms with Crippen molar-refractivity contribution in [3.05, 3.63) is 108 Å². The summed E-state index contributed by atoms with van der Waals surface area (Å²) in [6.45, 7) is 5.81. The predicted octanol–water partition coefficient (Wildman–Crippen LogP) is 5.45. The Morgan fingerprint density at radius 2 is 0.850 bits per heavy atom. The minimum absolute atomic E-state index is 0.000343. The third-order valence-electron chi connectivity index (χ3n) is 6.30. The normalized spacial score (nSPS) is 11.6. The monoisotopic (exact) mass is 576 g/mol. The summed E-state index contributed by atoms with van der Waals surface area (Å²) in [5.74, 6) is -1.30. The first kappa shape index (κ1) is 28.7. The molecule has 206 valence electrons. The van der Waals surface area contributed by atoms with E-state index in [1.165, 1.54) is 38.1 Å². The van der Waals surface area contributed by atoms with Gasteiger partial charge in [-0.2, -0.15) is 0 Å². The third-order valence-corrected chi connectivity index (χ3v) is 9.90. The fraction of sp³-hybridized carbons (Fsp3) is 0.133. The van der Waals surface area contributed by atoms with Gasteiger partial charge in [-0.15, -0.1) is 0 Å². The molecule has 4 aromatic rings. The summed E-state index contributed by atoms with van der Waals surface area (Å²) >= 11 is 0. The Bertz CT molecular complexity index is 1670. The van der Waals surface area contributed by atoms with Crippen LogP contribution in [0.4, 0.5) is 11.4 Å². The van der Waals surface area contributed by atoms with E-state index in [2.05, 4.69) is 0 Å². The van der Waals surface area contributed by atoms with Crippen molar-refractivity contribution in [1.82, 2.24) is 0 Å². The predicted molar refractivity (Wildman–Crippen MR) is 155 cm³/mol. The summed E-state index contributed by atoms with van der Waals surface area (Å²) in [4.78, 5) is 25.0. The Morgan fingerprint density at radius 3 is 1.12 bits per heavy atom. The molecule has 0 aliphatic carbocycles. The first-order valence-electron chi connectivity index (χ1n) is 12.3. The zero-order chi connectivity index (χ0) is 29.2. The van der Waals surface area contributed by atoms with Gasteiger partial charge in [-0.25, -0.2) is 25.4 Å². The van der Waals surface area contributed by atoms with Crippen LogP contribution in [0.1, 0.15) is 25.0 Å². The van der Waals surface area contributed by atoms with Crippen LogP contribution in [0, 0.1) is 13.8 Å². The van der Waals surface area contributed by atoms with Gasteiger partial charge < -0.3 is 0 Å². The van der Waals surface area contributed by atoms with Gasteiger partial charge in [0.1, 0.15) is 0 Å². The number of hydrogen-bond donors (Lipinski definition) is 0. The van der Waals surface area contributed by atoms with Gasteiger partial charge in [0.05, 0.1) is 21.2 Å². The molecule has 0 saturated heterocycles. The van der Waals surface area contributed by atoms with Crippen molar-refractivity contribution < 1.29 is 26.4 Å². The number of nitrogens with zero attached hydrogens (tertiary/aromatic N) is 2. The summed E-state index contributed by atoms with van der Waals surface area (Å²) in [6, 6.07) is 25.5. The van der Waals surface area contributed by atoms with Crippen molar-refractivity contribution in [2.24, 2.45) is 0 Å². The molecule has 0 saturated carbocycles. The van der Waals surface area contributed by atoms with E-state index in [9.17, 15) is 26.4 Å². The van der Waals surface area contributed by atoms with E-state index in [-0.39, 0.29) is 21.2 Å². The Balaban J connectivity index is 1.73. The van der Waals surface area contributed by atoms with Crippen molar-refractivity contribution >= 4 is 43.2 Å². The number of anilines is 2. The molecule has 4 rings (SSSR count). The maximum Gasteiger partial charge on any atom is 0.270 e. The SMILES string of the molecule is CC(=O)N(c1ccc(-c2ccc(N(C(C)=O)S(=O)(=O)c3ccccc3)c(C)c2)cc1C)S(=O)(=O)c1ccccc1. The first-order chi connectivity index (χ1) is 18.9. The second-order valence-corrected chi connectivity index (χ2v) is 12.8. The minimum Gasteiger partial charge on any atom is -0.274 e. The molecule has 0 spiro atoms. The molecule has 0 fully saturated rings. The highest BCUT2D eigenvalue weighted by molar-refractivity contribution is 7.94. The van der Waals surface area contributed by atoms with Crippen LogP contribution in [0.5, 0.6) is 0 Å². The number of rotatable bonds is 7. The number of benzene rings is 4. The van der Waals surface area contributed by atoms with Crippen LogP contribution in [0.3, 0.4) is 0 Å². The topological polar surface area (TPSA) is 109 Å². The highest BCUT2D eigenvalue weighted by Gasteiger charge is 2.31. The molecule has 8 nitrogen and oxygen atoms in total. The van der Waals surface area contributed by atoms with Gasteiger partial charge in [0, 0.05) is 13.8 Å². The van der Waals surface area contributed by atoms with E-state index in [0.717, 1.165) is 19.7 Å². The molecule has 0 N–H and O–H groups in total. The van der Waals surface area contributed by atoms with E-state index in [4.69, 9.17) is 0 Å². The van der Waals surface area contributed by atoms with Crippen LogP contribution < -0.4 is 8.61 Å². The Morgan fingerprint density at radius 1 is 0.525 bits per heavy atom. The first-order valence-corrected chi connectivity index (χ1v) is 15.2. The number of aryl methyl sites for hydroxylation is 2. The van der Waals surface area contributed by atoms with Crippen LogP contribution >= 0.6 is 0 Å². The van der Waals surface area contributed by atoms with E-state index in [1.54, 1.807) is 86.6 Å². The number of sulfonamides is 2. The molecule has 10 heteroatoms. The lowest BCUT2D eigenvalue weighted by atomic mass is 10.00. The molecule has 0 aliphatic rings. The summed E-state index contributed by atoms with van der Waals surface area (Å²) in [5.41, 5.74) is 2.99. The molecule has 0 unspecified atom stereocenters. The lowest BCUT2D eigenvalue weighted by Gasteiger charge is -2.24. The summed E-state index contributed by atoms with van der Waals surface area (Å²) in [7, 11) is -8.26. The van der Waals surface area contributed by atoms with Crippen LogP contribution in [-0.2, 0) is 29.6 Å². The van der Waals surface area contributed by atoms with Gasteiger partial charge in [-0.1, -0.05) is 48.5 Å². The molecule has 2 amide bonds. The van der Waals surface area contributed by atoms with Crippen LogP contribution in [0.25, 0.3) is 11.1 Å². The largest absolute Gasteiger partial charge is 0.274 e. The van der Waals surface area contributed by atoms with E-state index < -0.39 is 31.9 Å². The van der Waals surface area contributed by atoms with Crippen molar-refractivity contribution in [1.29, 1.82) is 0 Å². The molecular formula is C30H28N2O6S2. The number of carbonyl (C=O) groups excluding carboxylic acids is 2. The number of hydrogen-bond acceptors (Lipinski definition) is 6. The fourth-order valence-corrected chi connectivity index (χ4v) is 7.49. The smallest absolute Gasteiger partial charge is 0.270 e. The van der Waals surface area contributed by atoms with Gasteiger partial charge >= 0.3 is 0 Å². The maximum absolute atomic E-state index is 13.3. The molecule has 0 aliphatic heterocycles. The summed E-state index contributed by atoms with van der Waals surface area (Å²) in [6.07, 6.45) is 0. The summed E-state index contributed by atoms with van der Waals surface area (Å²) in [5, 5.41) is 0. The van der Waals surface area contributed by atoms with Crippen molar-refractivity contribution in [2.75, 3.05) is 8.61 Å². The van der Waals surface area contributed by atoms with Crippen LogP contribution in [0.2, 0.25) is 0 Å². The highest BCUT2D eigenvalue weighted by Crippen LogP contribution is 2.34. The van der Waals surface area contributed by atoms with E-state index in [0.29, 0.717) is 11.1 Å². The van der Waals surface area contributed by atoms with E-state index in [1.807, 2.05) is 0 Å². The summed E-state index contributed by atoms with van der Waals surface area (Å²) < 4.78 is 54.7. The molecule has 0 radical (unpaired) electrons. The van der Waals surface area contributed by atoms with Crippen LogP contribution in [0.15, 0.2) is 107 Å². The van der Waals surface area contributed by atoms with Gasteiger partial charge in [-0.05, 0) is 84.6 Å². The molecule has 0 atom stereocenters. The van der Waals surface area contributed by atoms with Gasteiger partial charge in [0.15, 0.2) is 0 Å². The molecular weight excluding hydrogens is 548 g/mol. The molecule has 0 heterocycles. The lowest BCUT2D eigenvalue weighted by molar-refractivity contribution is -0.116. The maximum atomic E-state index is 13.3. The average Bonchev–Trinajstić information content (AvgIpc) is 2.91. The highest BCUT2D eigenvalue weighted by atomic mass is 32.2. The van der Waals surface area contributed by atoms with Crippen LogP contribution in [-0.4, -0.2) is 28.6 Å². The molecule has 40 heavy (non-hydrogen) atoms. The zero-order valence-corrected chi connectivity index (χ0v) is 24.0. The minimum atomic E-state index is -4.13. The van der Waals surface area contributed by atoms with Gasteiger partial charge in [-0.3, -0.25) is 9.59 Å². The molecule has 0 bridgehead atoms. The second-order valence-electron chi connectivity index (χ2n) is 9.21. The quantitative estimate of drug-likeness (QED) is 0.289. The number of carbonyl (C=O) groups is 2. The van der Waals surface area contributed by atoms with Crippen molar-refractivity contribution in [3.8, 4) is 11.1 Å². The van der Waals surface area contributed by atoms with Crippen molar-refractivity contribution in [3.63, 3.8) is 0 Å². The molecule has 0 aromatic heterocycles. The lowest BCUT2D eigenvalue weighted by Crippen LogP contribution is -2.35. The van der Waals surface area contributed by atoms with Gasteiger partial charge in [0.25, 0.3) is 20.0 Å². The Kier molecular flexibility index (Phi) is 7.95.